The first-order valence-electron chi connectivity index (χ1n) is 8.27. The number of sulfonamides is 1. The molecule has 0 aliphatic heterocycles. The highest BCUT2D eigenvalue weighted by atomic mass is 32.2. The van der Waals surface area contributed by atoms with Gasteiger partial charge in [-0.2, -0.15) is 0 Å². The summed E-state index contributed by atoms with van der Waals surface area (Å²) in [4.78, 5) is 24.3. The van der Waals surface area contributed by atoms with Gasteiger partial charge in [0.2, 0.25) is 21.8 Å². The maximum absolute atomic E-state index is 12.2. The Balaban J connectivity index is 1.88. The Labute approximate surface area is 167 Å². The largest absolute Gasteiger partial charge is 0.360 e. The van der Waals surface area contributed by atoms with Crippen molar-refractivity contribution in [1.82, 2.24) is 5.16 Å². The topological polar surface area (TPSA) is 130 Å². The molecule has 1 heterocycles. The fourth-order valence-corrected chi connectivity index (χ4v) is 3.44. The summed E-state index contributed by atoms with van der Waals surface area (Å²) in [7, 11) is -3.42. The highest BCUT2D eigenvalue weighted by molar-refractivity contribution is 8.01. The van der Waals surface area contributed by atoms with Crippen molar-refractivity contribution in [2.45, 2.75) is 26.0 Å². The Morgan fingerprint density at radius 1 is 1.21 bits per heavy atom. The van der Waals surface area contributed by atoms with E-state index in [1.54, 1.807) is 45.0 Å². The van der Waals surface area contributed by atoms with Crippen molar-refractivity contribution in [2.75, 3.05) is 27.4 Å². The number of aryl methyl sites for hydroxylation is 2. The van der Waals surface area contributed by atoms with Crippen molar-refractivity contribution in [1.29, 1.82) is 0 Å². The van der Waals surface area contributed by atoms with Crippen LogP contribution in [0.4, 0.5) is 17.2 Å². The van der Waals surface area contributed by atoms with Crippen LogP contribution in [-0.4, -0.2) is 42.6 Å². The van der Waals surface area contributed by atoms with Crippen LogP contribution in [0, 0.1) is 13.8 Å². The molecule has 152 valence electrons. The average molecular weight is 427 g/mol. The third kappa shape index (κ3) is 6.89. The number of carbonyl (C=O) groups excluding carboxylic acids is 2. The Bertz CT molecular complexity index is 972. The fraction of sp³-hybridized carbons (Fsp3) is 0.353. The van der Waals surface area contributed by atoms with E-state index in [2.05, 4.69) is 20.5 Å². The van der Waals surface area contributed by atoms with Crippen LogP contribution in [0.2, 0.25) is 0 Å². The number of anilines is 3. The quantitative estimate of drug-likeness (QED) is 0.590. The second kappa shape index (κ2) is 9.11. The second-order valence-electron chi connectivity index (χ2n) is 6.22. The molecule has 0 aliphatic carbocycles. The highest BCUT2D eigenvalue weighted by Gasteiger charge is 2.17. The zero-order chi connectivity index (χ0) is 20.9. The van der Waals surface area contributed by atoms with Gasteiger partial charge in [-0.05, 0) is 38.5 Å². The molecule has 0 spiro atoms. The number of benzene rings is 1. The summed E-state index contributed by atoms with van der Waals surface area (Å²) in [5, 5.41) is 8.50. The number of aromatic nitrogens is 1. The van der Waals surface area contributed by atoms with Crippen LogP contribution in [0.5, 0.6) is 0 Å². The number of carbonyl (C=O) groups is 2. The first-order chi connectivity index (χ1) is 13.0. The molecule has 0 saturated heterocycles. The molecule has 1 atom stereocenters. The fourth-order valence-electron chi connectivity index (χ4n) is 2.14. The predicted molar refractivity (Wildman–Crippen MR) is 110 cm³/mol. The molecule has 28 heavy (non-hydrogen) atoms. The predicted octanol–water partition coefficient (Wildman–Crippen LogP) is 2.36. The van der Waals surface area contributed by atoms with Gasteiger partial charge in [-0.1, -0.05) is 11.2 Å². The summed E-state index contributed by atoms with van der Waals surface area (Å²) in [6.45, 7) is 5.15. The summed E-state index contributed by atoms with van der Waals surface area (Å²) in [5.74, 6) is 0.356. The van der Waals surface area contributed by atoms with Crippen LogP contribution >= 0.6 is 11.8 Å². The first-order valence-corrected chi connectivity index (χ1v) is 11.2. The lowest BCUT2D eigenvalue weighted by atomic mass is 10.2. The van der Waals surface area contributed by atoms with E-state index in [1.807, 2.05) is 0 Å². The normalized spacial score (nSPS) is 12.3. The minimum absolute atomic E-state index is 0.0507. The lowest BCUT2D eigenvalue weighted by Crippen LogP contribution is -2.25. The molecule has 0 fully saturated rings. The zero-order valence-corrected chi connectivity index (χ0v) is 17.5. The molecule has 1 aromatic heterocycles. The molecular formula is C17H22N4O5S2. The van der Waals surface area contributed by atoms with E-state index in [-0.39, 0.29) is 17.6 Å². The number of hydrogen-bond acceptors (Lipinski definition) is 7. The van der Waals surface area contributed by atoms with Gasteiger partial charge >= 0.3 is 0 Å². The summed E-state index contributed by atoms with van der Waals surface area (Å²) < 4.78 is 30.1. The molecular weight excluding hydrogens is 404 g/mol. The molecule has 2 aromatic rings. The molecule has 0 aliphatic rings. The average Bonchev–Trinajstić information content (AvgIpc) is 2.99. The Kier molecular flexibility index (Phi) is 7.08. The minimum atomic E-state index is -3.42. The Morgan fingerprint density at radius 2 is 1.93 bits per heavy atom. The number of nitrogens with one attached hydrogen (secondary N) is 3. The lowest BCUT2D eigenvalue weighted by molar-refractivity contribution is -0.115. The molecule has 2 amide bonds. The number of nitrogens with zero attached hydrogens (tertiary/aromatic N) is 1. The SMILES string of the molecule is Cc1cc(NC(=O)C(C)SCC(=O)Nc2ccc(C)c(NS(C)(=O)=O)c2)no1. The highest BCUT2D eigenvalue weighted by Crippen LogP contribution is 2.22. The number of hydrogen-bond donors (Lipinski definition) is 3. The Morgan fingerprint density at radius 3 is 2.54 bits per heavy atom. The molecule has 3 N–H and O–H groups in total. The molecule has 0 saturated carbocycles. The van der Waals surface area contributed by atoms with Crippen molar-refractivity contribution < 1.29 is 22.5 Å². The van der Waals surface area contributed by atoms with Crippen LogP contribution in [0.1, 0.15) is 18.2 Å². The van der Waals surface area contributed by atoms with Crippen molar-refractivity contribution >= 4 is 50.8 Å². The van der Waals surface area contributed by atoms with Crippen molar-refractivity contribution in [3.63, 3.8) is 0 Å². The van der Waals surface area contributed by atoms with Gasteiger partial charge in [-0.25, -0.2) is 8.42 Å². The lowest BCUT2D eigenvalue weighted by Gasteiger charge is -2.12. The summed E-state index contributed by atoms with van der Waals surface area (Å²) in [6, 6.07) is 6.52. The van der Waals surface area contributed by atoms with E-state index >= 15 is 0 Å². The van der Waals surface area contributed by atoms with Gasteiger partial charge < -0.3 is 15.2 Å². The van der Waals surface area contributed by atoms with Gasteiger partial charge in [-0.3, -0.25) is 14.3 Å². The standard InChI is InChI=1S/C17H22N4O5S2/c1-10-5-6-13(8-14(10)21-28(4,24)25)18-16(22)9-27-12(3)17(23)19-15-7-11(2)26-20-15/h5-8,12,21H,9H2,1-4H3,(H,18,22)(H,19,20,23). The maximum Gasteiger partial charge on any atom is 0.238 e. The maximum atomic E-state index is 12.2. The van der Waals surface area contributed by atoms with E-state index in [1.165, 1.54) is 0 Å². The molecule has 0 radical (unpaired) electrons. The monoisotopic (exact) mass is 426 g/mol. The number of amides is 2. The van der Waals surface area contributed by atoms with Crippen molar-refractivity contribution in [3.05, 3.63) is 35.6 Å². The van der Waals surface area contributed by atoms with E-state index in [4.69, 9.17) is 4.52 Å². The van der Waals surface area contributed by atoms with Crippen LogP contribution < -0.4 is 15.4 Å². The number of thioether (sulfide) groups is 1. The van der Waals surface area contributed by atoms with Gasteiger partial charge in [0, 0.05) is 11.8 Å². The molecule has 0 bridgehead atoms. The minimum Gasteiger partial charge on any atom is -0.360 e. The van der Waals surface area contributed by atoms with Gasteiger partial charge in [0.25, 0.3) is 0 Å². The van der Waals surface area contributed by atoms with E-state index in [0.29, 0.717) is 23.0 Å². The molecule has 9 nitrogen and oxygen atoms in total. The van der Waals surface area contributed by atoms with Crippen molar-refractivity contribution in [2.24, 2.45) is 0 Å². The second-order valence-corrected chi connectivity index (χ2v) is 9.29. The van der Waals surface area contributed by atoms with Crippen LogP contribution in [0.25, 0.3) is 0 Å². The van der Waals surface area contributed by atoms with Crippen LogP contribution in [0.3, 0.4) is 0 Å². The third-order valence-electron chi connectivity index (χ3n) is 3.53. The summed E-state index contributed by atoms with van der Waals surface area (Å²) in [5.41, 5.74) is 1.58. The summed E-state index contributed by atoms with van der Waals surface area (Å²) in [6.07, 6.45) is 1.06. The van der Waals surface area contributed by atoms with E-state index < -0.39 is 15.3 Å². The molecule has 11 heteroatoms. The van der Waals surface area contributed by atoms with Crippen LogP contribution in [-0.2, 0) is 19.6 Å². The van der Waals surface area contributed by atoms with Gasteiger partial charge in [-0.15, -0.1) is 11.8 Å². The number of rotatable bonds is 8. The molecule has 1 unspecified atom stereocenters. The van der Waals surface area contributed by atoms with Gasteiger partial charge in [0.1, 0.15) is 5.76 Å². The first kappa shape index (κ1) is 21.8. The van der Waals surface area contributed by atoms with Gasteiger partial charge in [0.05, 0.1) is 22.9 Å². The Hall–Kier alpha value is -2.53. The smallest absolute Gasteiger partial charge is 0.238 e. The van der Waals surface area contributed by atoms with Crippen molar-refractivity contribution in [3.8, 4) is 0 Å². The van der Waals surface area contributed by atoms with Gasteiger partial charge in [0.15, 0.2) is 5.82 Å². The van der Waals surface area contributed by atoms with E-state index in [0.717, 1.165) is 23.6 Å². The third-order valence-corrected chi connectivity index (χ3v) is 5.26. The van der Waals surface area contributed by atoms with Crippen LogP contribution in [0.15, 0.2) is 28.8 Å². The van der Waals surface area contributed by atoms with E-state index in [9.17, 15) is 18.0 Å². The summed E-state index contributed by atoms with van der Waals surface area (Å²) >= 11 is 1.16. The molecule has 2 rings (SSSR count). The zero-order valence-electron chi connectivity index (χ0n) is 15.9. The molecule has 1 aromatic carbocycles.